The molecule has 7 heteroatoms. The predicted molar refractivity (Wildman–Crippen MR) is 123 cm³/mol. The van der Waals surface area contributed by atoms with Gasteiger partial charge in [-0.05, 0) is 77.0 Å². The molecule has 0 aliphatic carbocycles. The van der Waals surface area contributed by atoms with Crippen molar-refractivity contribution >= 4 is 34.7 Å². The largest absolute Gasteiger partial charge is 0.588 e. The van der Waals surface area contributed by atoms with Crippen molar-refractivity contribution in [2.75, 3.05) is 36.8 Å². The highest BCUT2D eigenvalue weighted by atomic mass is 32.2. The number of benzene rings is 2. The van der Waals surface area contributed by atoms with Gasteiger partial charge in [0.25, 0.3) is 0 Å². The van der Waals surface area contributed by atoms with Crippen molar-refractivity contribution < 1.29 is 8.94 Å². The highest BCUT2D eigenvalue weighted by molar-refractivity contribution is 7.97. The molecule has 1 unspecified atom stereocenters. The van der Waals surface area contributed by atoms with Gasteiger partial charge in [-0.1, -0.05) is 24.1 Å². The van der Waals surface area contributed by atoms with Crippen LogP contribution in [0.1, 0.15) is 38.7 Å². The Balaban J connectivity index is 1.76. The molecule has 0 amide bonds. The molecule has 0 aromatic heterocycles. The summed E-state index contributed by atoms with van der Waals surface area (Å²) in [5, 5.41) is 0. The van der Waals surface area contributed by atoms with Crippen molar-refractivity contribution in [2.45, 2.75) is 42.8 Å². The summed E-state index contributed by atoms with van der Waals surface area (Å²) in [6, 6.07) is 12.5. The first-order valence-corrected chi connectivity index (χ1v) is 11.9. The molecular formula is C22H30FN3OS2. The lowest BCUT2D eigenvalue weighted by Gasteiger charge is -2.30. The molecule has 1 aliphatic rings. The van der Waals surface area contributed by atoms with Crippen LogP contribution in [0.25, 0.3) is 0 Å². The van der Waals surface area contributed by atoms with Gasteiger partial charge in [-0.15, -0.1) is 0 Å². The van der Waals surface area contributed by atoms with Crippen LogP contribution < -0.4 is 9.62 Å². The SMILES string of the molecule is CN(C)SC(C)(C)c1ccc([S+]([O-])Nc2cc(F)ccc2N2CCCCC2)cc1. The zero-order valence-corrected chi connectivity index (χ0v) is 19.2. The second kappa shape index (κ2) is 9.60. The number of piperidine rings is 1. The first kappa shape index (κ1) is 22.3. The average molecular weight is 436 g/mol. The fourth-order valence-electron chi connectivity index (χ4n) is 3.65. The summed E-state index contributed by atoms with van der Waals surface area (Å²) in [5.74, 6) is -0.330. The van der Waals surface area contributed by atoms with Gasteiger partial charge in [0.05, 0.1) is 5.69 Å². The van der Waals surface area contributed by atoms with E-state index in [0.29, 0.717) is 10.6 Å². The van der Waals surface area contributed by atoms with Crippen molar-refractivity contribution in [3.8, 4) is 0 Å². The monoisotopic (exact) mass is 435 g/mol. The lowest BCUT2D eigenvalue weighted by atomic mass is 10.0. The van der Waals surface area contributed by atoms with Crippen LogP contribution in [0, 0.1) is 5.82 Å². The third-order valence-electron chi connectivity index (χ3n) is 5.03. The van der Waals surface area contributed by atoms with E-state index in [-0.39, 0.29) is 10.6 Å². The average Bonchev–Trinajstić information content (AvgIpc) is 2.68. The van der Waals surface area contributed by atoms with Crippen LogP contribution >= 0.6 is 11.9 Å². The van der Waals surface area contributed by atoms with E-state index in [1.165, 1.54) is 18.6 Å². The Bertz CT molecular complexity index is 808. The summed E-state index contributed by atoms with van der Waals surface area (Å²) >= 11 is 0.277. The summed E-state index contributed by atoms with van der Waals surface area (Å²) < 4.78 is 31.9. The van der Waals surface area contributed by atoms with Crippen LogP contribution in [-0.4, -0.2) is 36.0 Å². The van der Waals surface area contributed by atoms with Gasteiger partial charge in [-0.2, -0.15) is 0 Å². The van der Waals surface area contributed by atoms with E-state index in [9.17, 15) is 8.94 Å². The summed E-state index contributed by atoms with van der Waals surface area (Å²) in [6.45, 7) is 6.22. The van der Waals surface area contributed by atoms with Crippen LogP contribution in [0.5, 0.6) is 0 Å². The van der Waals surface area contributed by atoms with Gasteiger partial charge < -0.3 is 9.45 Å². The van der Waals surface area contributed by atoms with E-state index in [0.717, 1.165) is 37.2 Å². The molecule has 1 heterocycles. The van der Waals surface area contributed by atoms with Crippen molar-refractivity contribution in [3.05, 3.63) is 53.8 Å². The standard InChI is InChI=1S/C22H30FN3OS2/c1-22(2,28-25(3)4)17-8-11-19(12-9-17)29(27)24-20-16-18(23)10-13-21(20)26-14-6-5-7-15-26/h8-13,16,24H,5-7,14-15H2,1-4H3. The van der Waals surface area contributed by atoms with E-state index < -0.39 is 11.4 Å². The van der Waals surface area contributed by atoms with E-state index in [1.807, 2.05) is 38.4 Å². The number of halogens is 1. The topological polar surface area (TPSA) is 41.6 Å². The van der Waals surface area contributed by atoms with E-state index >= 15 is 0 Å². The molecule has 158 valence electrons. The minimum Gasteiger partial charge on any atom is -0.588 e. The molecule has 1 fully saturated rings. The minimum absolute atomic E-state index is 0.0824. The van der Waals surface area contributed by atoms with Crippen LogP contribution in [0.2, 0.25) is 0 Å². The third-order valence-corrected chi connectivity index (χ3v) is 7.20. The second-order valence-electron chi connectivity index (χ2n) is 8.02. The molecule has 0 spiro atoms. The Morgan fingerprint density at radius 3 is 2.34 bits per heavy atom. The molecule has 2 aromatic rings. The normalized spacial score (nSPS) is 16.2. The fourth-order valence-corrected chi connectivity index (χ4v) is 5.67. The Morgan fingerprint density at radius 1 is 1.07 bits per heavy atom. The summed E-state index contributed by atoms with van der Waals surface area (Å²) in [5.41, 5.74) is 2.66. The maximum Gasteiger partial charge on any atom is 0.179 e. The van der Waals surface area contributed by atoms with E-state index in [4.69, 9.17) is 0 Å². The van der Waals surface area contributed by atoms with Gasteiger partial charge in [0.15, 0.2) is 4.90 Å². The molecule has 0 bridgehead atoms. The van der Waals surface area contributed by atoms with Crippen LogP contribution in [0.15, 0.2) is 47.4 Å². The number of anilines is 2. The first-order valence-electron chi connectivity index (χ1n) is 9.96. The number of hydrogen-bond acceptors (Lipinski definition) is 5. The number of rotatable bonds is 7. The Hall–Kier alpha value is -1.41. The van der Waals surface area contributed by atoms with E-state index in [1.54, 1.807) is 18.0 Å². The van der Waals surface area contributed by atoms with E-state index in [2.05, 4.69) is 27.8 Å². The van der Waals surface area contributed by atoms with Gasteiger partial charge in [-0.3, -0.25) is 4.31 Å². The fraction of sp³-hybridized carbons (Fsp3) is 0.455. The lowest BCUT2D eigenvalue weighted by molar-refractivity contribution is 0.577. The summed E-state index contributed by atoms with van der Waals surface area (Å²) in [6.07, 6.45) is 3.48. The molecule has 1 atom stereocenters. The maximum absolute atomic E-state index is 13.9. The molecule has 1 N–H and O–H groups in total. The van der Waals surface area contributed by atoms with Crippen molar-refractivity contribution in [3.63, 3.8) is 0 Å². The van der Waals surface area contributed by atoms with Crippen molar-refractivity contribution in [1.82, 2.24) is 4.31 Å². The highest BCUT2D eigenvalue weighted by Gasteiger charge is 2.24. The van der Waals surface area contributed by atoms with Crippen LogP contribution in [0.3, 0.4) is 0 Å². The lowest BCUT2D eigenvalue weighted by Crippen LogP contribution is -2.30. The van der Waals surface area contributed by atoms with Gasteiger partial charge in [0, 0.05) is 23.9 Å². The second-order valence-corrected chi connectivity index (χ2v) is 11.2. The summed E-state index contributed by atoms with van der Waals surface area (Å²) in [4.78, 5) is 2.92. The zero-order chi connectivity index (χ0) is 21.0. The molecule has 3 rings (SSSR count). The van der Waals surface area contributed by atoms with Gasteiger partial charge in [0.1, 0.15) is 22.9 Å². The maximum atomic E-state index is 13.9. The Morgan fingerprint density at radius 2 is 1.72 bits per heavy atom. The minimum atomic E-state index is -1.46. The number of nitrogens with one attached hydrogen (secondary N) is 1. The zero-order valence-electron chi connectivity index (χ0n) is 17.6. The predicted octanol–water partition coefficient (Wildman–Crippen LogP) is 5.40. The number of nitrogens with zero attached hydrogens (tertiary/aromatic N) is 2. The molecule has 4 nitrogen and oxygen atoms in total. The first-order chi connectivity index (χ1) is 13.8. The smallest absolute Gasteiger partial charge is 0.179 e. The molecule has 1 aliphatic heterocycles. The molecule has 2 aromatic carbocycles. The highest BCUT2D eigenvalue weighted by Crippen LogP contribution is 2.37. The number of hydrogen-bond donors (Lipinski definition) is 1. The Kier molecular flexibility index (Phi) is 7.37. The third kappa shape index (κ3) is 5.81. The van der Waals surface area contributed by atoms with Crippen molar-refractivity contribution in [2.24, 2.45) is 0 Å². The quantitative estimate of drug-likeness (QED) is 0.466. The molecule has 0 radical (unpaired) electrons. The van der Waals surface area contributed by atoms with Gasteiger partial charge in [0.2, 0.25) is 0 Å². The van der Waals surface area contributed by atoms with Crippen molar-refractivity contribution in [1.29, 1.82) is 0 Å². The van der Waals surface area contributed by atoms with Crippen LogP contribution in [0.4, 0.5) is 15.8 Å². The Labute approximate surface area is 181 Å². The molecule has 1 saturated heterocycles. The molecular weight excluding hydrogens is 405 g/mol. The molecule has 0 saturated carbocycles. The summed E-state index contributed by atoms with van der Waals surface area (Å²) in [7, 11) is 4.05. The molecule has 29 heavy (non-hydrogen) atoms. The van der Waals surface area contributed by atoms with Gasteiger partial charge >= 0.3 is 0 Å². The van der Waals surface area contributed by atoms with Crippen LogP contribution in [-0.2, 0) is 16.1 Å². The van der Waals surface area contributed by atoms with Gasteiger partial charge in [-0.25, -0.2) is 9.11 Å².